The van der Waals surface area contributed by atoms with Crippen molar-refractivity contribution in [2.75, 3.05) is 24.2 Å². The molecule has 0 unspecified atom stereocenters. The Labute approximate surface area is 225 Å². The molecule has 0 saturated heterocycles. The van der Waals surface area contributed by atoms with Crippen LogP contribution in [0.4, 0.5) is 5.69 Å². The zero-order chi connectivity index (χ0) is 27.2. The van der Waals surface area contributed by atoms with Crippen LogP contribution in [0.5, 0.6) is 5.75 Å². The van der Waals surface area contributed by atoms with Crippen LogP contribution in [0.1, 0.15) is 50.2 Å². The first-order valence-corrected chi connectivity index (χ1v) is 14.7. The molecule has 1 saturated carbocycles. The number of hydrogen-bond acceptors (Lipinski definition) is 5. The molecule has 0 aliphatic heterocycles. The van der Waals surface area contributed by atoms with E-state index in [1.165, 1.54) is 11.0 Å². The van der Waals surface area contributed by atoms with Gasteiger partial charge in [0, 0.05) is 17.6 Å². The van der Waals surface area contributed by atoms with E-state index < -0.39 is 28.5 Å². The Morgan fingerprint density at radius 1 is 1.16 bits per heavy atom. The lowest BCUT2D eigenvalue weighted by molar-refractivity contribution is -0.140. The minimum absolute atomic E-state index is 0.0949. The quantitative estimate of drug-likeness (QED) is 0.451. The topological polar surface area (TPSA) is 96.0 Å². The van der Waals surface area contributed by atoms with E-state index in [0.717, 1.165) is 47.4 Å². The highest BCUT2D eigenvalue weighted by Gasteiger charge is 2.33. The van der Waals surface area contributed by atoms with Crippen LogP contribution >= 0.6 is 11.6 Å². The van der Waals surface area contributed by atoms with Crippen LogP contribution < -0.4 is 14.4 Å². The van der Waals surface area contributed by atoms with E-state index in [1.807, 2.05) is 26.0 Å². The van der Waals surface area contributed by atoms with Crippen LogP contribution in [0, 0.1) is 6.92 Å². The average Bonchev–Trinajstić information content (AvgIpc) is 3.36. The summed E-state index contributed by atoms with van der Waals surface area (Å²) >= 11 is 6.26. The third-order valence-corrected chi connectivity index (χ3v) is 8.24. The van der Waals surface area contributed by atoms with Crippen LogP contribution in [-0.4, -0.2) is 57.1 Å². The number of nitrogens with one attached hydrogen (secondary N) is 1. The molecule has 0 aromatic heterocycles. The first-order valence-electron chi connectivity index (χ1n) is 12.5. The number of anilines is 1. The van der Waals surface area contributed by atoms with Crippen molar-refractivity contribution in [1.82, 2.24) is 10.2 Å². The molecule has 0 spiro atoms. The lowest BCUT2D eigenvalue weighted by Crippen LogP contribution is -2.53. The molecule has 0 radical (unpaired) electrons. The van der Waals surface area contributed by atoms with Gasteiger partial charge in [-0.05, 0) is 61.6 Å². The number of hydrogen-bond donors (Lipinski definition) is 1. The van der Waals surface area contributed by atoms with E-state index in [9.17, 15) is 18.0 Å². The number of amides is 2. The molecule has 37 heavy (non-hydrogen) atoms. The standard InChI is InChI=1S/C27H36ClN3O5S/c1-5-25(27(33)29-21-10-6-7-11-21)30(17-20-9-8-12-23(15-20)36-3)26(32)18-31(37(4,34)35)22-14-13-19(2)24(28)16-22/h8-9,12-16,21,25H,5-7,10-11,17-18H2,1-4H3,(H,29,33)/t25-/m0/s1. The third-order valence-electron chi connectivity index (χ3n) is 6.70. The van der Waals surface area contributed by atoms with Gasteiger partial charge in [-0.1, -0.05) is 49.6 Å². The minimum atomic E-state index is -3.82. The Bertz CT molecular complexity index is 1210. The largest absolute Gasteiger partial charge is 0.497 e. The first-order chi connectivity index (χ1) is 17.5. The van der Waals surface area contributed by atoms with Crippen molar-refractivity contribution in [3.05, 3.63) is 58.6 Å². The summed E-state index contributed by atoms with van der Waals surface area (Å²) in [5.41, 5.74) is 1.85. The number of methoxy groups -OCH3 is 1. The van der Waals surface area contributed by atoms with Gasteiger partial charge in [0.05, 0.1) is 19.1 Å². The summed E-state index contributed by atoms with van der Waals surface area (Å²) in [6.45, 7) is 3.32. The van der Waals surface area contributed by atoms with Crippen LogP contribution in [0.25, 0.3) is 0 Å². The van der Waals surface area contributed by atoms with Crippen molar-refractivity contribution < 1.29 is 22.7 Å². The molecule has 1 aliphatic carbocycles. The van der Waals surface area contributed by atoms with Crippen molar-refractivity contribution >= 4 is 39.1 Å². The molecule has 10 heteroatoms. The van der Waals surface area contributed by atoms with Crippen LogP contribution in [0.3, 0.4) is 0 Å². The molecular weight excluding hydrogens is 514 g/mol. The Morgan fingerprint density at radius 2 is 1.86 bits per heavy atom. The fourth-order valence-corrected chi connectivity index (χ4v) is 5.62. The van der Waals surface area contributed by atoms with Crippen LogP contribution in [0.15, 0.2) is 42.5 Å². The molecule has 2 amide bonds. The van der Waals surface area contributed by atoms with Gasteiger partial charge >= 0.3 is 0 Å². The first kappa shape index (κ1) is 28.8. The summed E-state index contributed by atoms with van der Waals surface area (Å²) in [4.78, 5) is 28.6. The second-order valence-electron chi connectivity index (χ2n) is 9.49. The highest BCUT2D eigenvalue weighted by molar-refractivity contribution is 7.92. The number of rotatable bonds is 11. The summed E-state index contributed by atoms with van der Waals surface area (Å²) in [6, 6.07) is 11.4. The van der Waals surface area contributed by atoms with E-state index in [-0.39, 0.29) is 24.2 Å². The number of ether oxygens (including phenoxy) is 1. The predicted molar refractivity (Wildman–Crippen MR) is 146 cm³/mol. The number of aryl methyl sites for hydroxylation is 1. The van der Waals surface area contributed by atoms with Crippen molar-refractivity contribution in [2.24, 2.45) is 0 Å². The normalized spacial score (nSPS) is 14.7. The second-order valence-corrected chi connectivity index (χ2v) is 11.8. The van der Waals surface area contributed by atoms with E-state index in [0.29, 0.717) is 17.2 Å². The highest BCUT2D eigenvalue weighted by atomic mass is 35.5. The summed E-state index contributed by atoms with van der Waals surface area (Å²) in [7, 11) is -2.27. The lowest BCUT2D eigenvalue weighted by atomic mass is 10.1. The SMILES string of the molecule is CC[C@@H](C(=O)NC1CCCC1)N(Cc1cccc(OC)c1)C(=O)CN(c1ccc(C)c(Cl)c1)S(C)(=O)=O. The summed E-state index contributed by atoms with van der Waals surface area (Å²) in [5, 5.41) is 3.49. The molecule has 2 aromatic rings. The van der Waals surface area contributed by atoms with Crippen molar-refractivity contribution in [3.63, 3.8) is 0 Å². The maximum absolute atomic E-state index is 13.8. The van der Waals surface area contributed by atoms with E-state index >= 15 is 0 Å². The molecule has 3 rings (SSSR count). The number of benzene rings is 2. The van der Waals surface area contributed by atoms with Crippen molar-refractivity contribution in [3.8, 4) is 5.75 Å². The minimum Gasteiger partial charge on any atom is -0.497 e. The molecule has 1 fully saturated rings. The smallest absolute Gasteiger partial charge is 0.244 e. The third kappa shape index (κ3) is 7.61. The Kier molecular flexibility index (Phi) is 9.84. The van der Waals surface area contributed by atoms with Gasteiger partial charge in [-0.2, -0.15) is 0 Å². The molecule has 1 atom stereocenters. The Morgan fingerprint density at radius 3 is 2.46 bits per heavy atom. The molecule has 0 heterocycles. The zero-order valence-corrected chi connectivity index (χ0v) is 23.4. The maximum Gasteiger partial charge on any atom is 0.244 e. The van der Waals surface area contributed by atoms with Gasteiger partial charge in [0.1, 0.15) is 18.3 Å². The average molecular weight is 550 g/mol. The van der Waals surface area contributed by atoms with Crippen molar-refractivity contribution in [1.29, 1.82) is 0 Å². The molecule has 2 aromatic carbocycles. The van der Waals surface area contributed by atoms with Gasteiger partial charge in [-0.3, -0.25) is 13.9 Å². The summed E-state index contributed by atoms with van der Waals surface area (Å²) in [6.07, 6.45) is 5.39. The lowest BCUT2D eigenvalue weighted by Gasteiger charge is -2.33. The Hall–Kier alpha value is -2.78. The fourth-order valence-electron chi connectivity index (χ4n) is 4.61. The van der Waals surface area contributed by atoms with Gasteiger partial charge < -0.3 is 15.0 Å². The number of sulfonamides is 1. The summed E-state index contributed by atoms with van der Waals surface area (Å²) < 4.78 is 31.8. The second kappa shape index (κ2) is 12.6. The van der Waals surface area contributed by atoms with E-state index in [1.54, 1.807) is 31.4 Å². The van der Waals surface area contributed by atoms with E-state index in [2.05, 4.69) is 5.32 Å². The van der Waals surface area contributed by atoms with Gasteiger partial charge in [0.25, 0.3) is 0 Å². The molecule has 8 nitrogen and oxygen atoms in total. The van der Waals surface area contributed by atoms with Crippen molar-refractivity contribution in [2.45, 2.75) is 64.6 Å². The molecule has 0 bridgehead atoms. The number of nitrogens with zero attached hydrogens (tertiary/aromatic N) is 2. The number of carbonyl (C=O) groups is 2. The predicted octanol–water partition coefficient (Wildman–Crippen LogP) is 4.29. The molecule has 1 aliphatic rings. The Balaban J connectivity index is 1.94. The molecular formula is C27H36ClN3O5S. The zero-order valence-electron chi connectivity index (χ0n) is 21.9. The number of carbonyl (C=O) groups excluding carboxylic acids is 2. The van der Waals surface area contributed by atoms with Gasteiger partial charge in [0.2, 0.25) is 21.8 Å². The van der Waals surface area contributed by atoms with E-state index in [4.69, 9.17) is 16.3 Å². The van der Waals surface area contributed by atoms with Gasteiger partial charge in [-0.25, -0.2) is 8.42 Å². The fraction of sp³-hybridized carbons (Fsp3) is 0.481. The monoisotopic (exact) mass is 549 g/mol. The van der Waals surface area contributed by atoms with Gasteiger partial charge in [-0.15, -0.1) is 0 Å². The highest BCUT2D eigenvalue weighted by Crippen LogP contribution is 2.26. The maximum atomic E-state index is 13.8. The van der Waals surface area contributed by atoms with Gasteiger partial charge in [0.15, 0.2) is 0 Å². The molecule has 202 valence electrons. The number of halogens is 1. The van der Waals surface area contributed by atoms with Crippen LogP contribution in [0.2, 0.25) is 5.02 Å². The van der Waals surface area contributed by atoms with Crippen LogP contribution in [-0.2, 0) is 26.2 Å². The summed E-state index contributed by atoms with van der Waals surface area (Å²) in [5.74, 6) is -0.0892. The molecule has 1 N–H and O–H groups in total.